The second kappa shape index (κ2) is 7.36. The zero-order valence-corrected chi connectivity index (χ0v) is 12.8. The molecule has 1 N–H and O–H groups in total. The summed E-state index contributed by atoms with van der Waals surface area (Å²) in [4.78, 5) is 0. The molecule has 0 aliphatic heterocycles. The number of nitrogens with zero attached hydrogens (tertiary/aromatic N) is 2. The summed E-state index contributed by atoms with van der Waals surface area (Å²) in [7, 11) is 0. The van der Waals surface area contributed by atoms with Gasteiger partial charge < -0.3 is 9.30 Å². The van der Waals surface area contributed by atoms with E-state index in [4.69, 9.17) is 17.0 Å². The molecular formula is C15H21N3OS. The first-order valence-corrected chi connectivity index (χ1v) is 7.41. The van der Waals surface area contributed by atoms with E-state index in [-0.39, 0.29) is 0 Å². The van der Waals surface area contributed by atoms with E-state index < -0.39 is 0 Å². The first kappa shape index (κ1) is 14.9. The highest BCUT2D eigenvalue weighted by Gasteiger charge is 2.07. The molecule has 108 valence electrons. The molecule has 0 aliphatic rings. The molecule has 0 atom stereocenters. The molecule has 1 aromatic carbocycles. The van der Waals surface area contributed by atoms with Crippen molar-refractivity contribution in [2.24, 2.45) is 0 Å². The fourth-order valence-corrected chi connectivity index (χ4v) is 2.25. The molecule has 0 amide bonds. The van der Waals surface area contributed by atoms with Crippen LogP contribution in [-0.2, 0) is 11.3 Å². The van der Waals surface area contributed by atoms with Crippen LogP contribution in [0.4, 0.5) is 0 Å². The van der Waals surface area contributed by atoms with Crippen LogP contribution in [0.3, 0.4) is 0 Å². The predicted molar refractivity (Wildman–Crippen MR) is 83.2 cm³/mol. The molecule has 4 nitrogen and oxygen atoms in total. The summed E-state index contributed by atoms with van der Waals surface area (Å²) < 4.78 is 8.28. The summed E-state index contributed by atoms with van der Waals surface area (Å²) in [6.07, 6.45) is 2.35. The lowest BCUT2D eigenvalue weighted by Gasteiger charge is -2.09. The zero-order chi connectivity index (χ0) is 14.4. The molecule has 0 fully saturated rings. The Hall–Kier alpha value is -1.46. The second-order valence-corrected chi connectivity index (χ2v) is 5.38. The Bertz CT molecular complexity index is 574. The Morgan fingerprint density at radius 2 is 2.00 bits per heavy atom. The number of aromatic amines is 1. The van der Waals surface area contributed by atoms with Crippen LogP contribution >= 0.6 is 12.2 Å². The van der Waals surface area contributed by atoms with Crippen molar-refractivity contribution in [3.05, 3.63) is 35.1 Å². The lowest BCUT2D eigenvalue weighted by Crippen LogP contribution is -2.06. The fourth-order valence-electron chi connectivity index (χ4n) is 2.02. The van der Waals surface area contributed by atoms with E-state index >= 15 is 0 Å². The Labute approximate surface area is 124 Å². The predicted octanol–water partition coefficient (Wildman–Crippen LogP) is 3.81. The molecule has 0 saturated heterocycles. The Kier molecular flexibility index (Phi) is 5.49. The van der Waals surface area contributed by atoms with Crippen molar-refractivity contribution in [1.82, 2.24) is 14.8 Å². The number of ether oxygens (including phenoxy) is 1. The van der Waals surface area contributed by atoms with Gasteiger partial charge in [-0.3, -0.25) is 5.10 Å². The molecule has 5 heteroatoms. The van der Waals surface area contributed by atoms with Crippen LogP contribution in [0.2, 0.25) is 0 Å². The maximum absolute atomic E-state index is 5.55. The molecule has 0 saturated carbocycles. The first-order valence-electron chi connectivity index (χ1n) is 7.00. The average Bonchev–Trinajstić information content (AvgIpc) is 2.80. The summed E-state index contributed by atoms with van der Waals surface area (Å²) in [6.45, 7) is 5.77. The van der Waals surface area contributed by atoms with Crippen molar-refractivity contribution in [1.29, 1.82) is 0 Å². The third-order valence-corrected chi connectivity index (χ3v) is 3.33. The van der Waals surface area contributed by atoms with Gasteiger partial charge in [0.05, 0.1) is 6.10 Å². The topological polar surface area (TPSA) is 42.8 Å². The second-order valence-electron chi connectivity index (χ2n) is 5.00. The molecule has 0 aliphatic carbocycles. The van der Waals surface area contributed by atoms with Gasteiger partial charge in [-0.05, 0) is 38.9 Å². The van der Waals surface area contributed by atoms with E-state index in [1.54, 1.807) is 0 Å². The Morgan fingerprint density at radius 3 is 2.70 bits per heavy atom. The Balaban J connectivity index is 1.98. The third-order valence-electron chi connectivity index (χ3n) is 3.02. The SMILES string of the molecule is CC(C)OCCCCn1c(-c2ccccc2)n[nH]c1=S. The van der Waals surface area contributed by atoms with Gasteiger partial charge in [-0.1, -0.05) is 30.3 Å². The molecule has 20 heavy (non-hydrogen) atoms. The molecular weight excluding hydrogens is 270 g/mol. The van der Waals surface area contributed by atoms with Crippen LogP contribution in [-0.4, -0.2) is 27.5 Å². The van der Waals surface area contributed by atoms with Gasteiger partial charge in [-0.15, -0.1) is 0 Å². The Morgan fingerprint density at radius 1 is 1.25 bits per heavy atom. The number of benzene rings is 1. The van der Waals surface area contributed by atoms with Crippen LogP contribution in [0, 0.1) is 4.77 Å². The quantitative estimate of drug-likeness (QED) is 0.623. The average molecular weight is 291 g/mol. The number of H-pyrrole nitrogens is 1. The highest BCUT2D eigenvalue weighted by atomic mass is 32.1. The van der Waals surface area contributed by atoms with Crippen molar-refractivity contribution in [2.45, 2.75) is 39.3 Å². The molecule has 1 aromatic heterocycles. The van der Waals surface area contributed by atoms with E-state index in [0.717, 1.165) is 37.4 Å². The van der Waals surface area contributed by atoms with Crippen molar-refractivity contribution in [3.8, 4) is 11.4 Å². The van der Waals surface area contributed by atoms with Crippen LogP contribution in [0.5, 0.6) is 0 Å². The van der Waals surface area contributed by atoms with Crippen molar-refractivity contribution >= 4 is 12.2 Å². The van der Waals surface area contributed by atoms with Crippen LogP contribution < -0.4 is 0 Å². The molecule has 2 aromatic rings. The summed E-state index contributed by atoms with van der Waals surface area (Å²) in [6, 6.07) is 10.1. The molecule has 1 heterocycles. The van der Waals surface area contributed by atoms with E-state index in [1.807, 2.05) is 30.3 Å². The number of nitrogens with one attached hydrogen (secondary N) is 1. The van der Waals surface area contributed by atoms with Gasteiger partial charge in [0.25, 0.3) is 0 Å². The van der Waals surface area contributed by atoms with E-state index in [0.29, 0.717) is 10.9 Å². The zero-order valence-electron chi connectivity index (χ0n) is 12.0. The van der Waals surface area contributed by atoms with Gasteiger partial charge in [0.1, 0.15) is 0 Å². The summed E-state index contributed by atoms with van der Waals surface area (Å²) >= 11 is 5.31. The van der Waals surface area contributed by atoms with Gasteiger partial charge in [-0.2, -0.15) is 5.10 Å². The minimum absolute atomic E-state index is 0.297. The molecule has 0 unspecified atom stereocenters. The molecule has 0 radical (unpaired) electrons. The van der Waals surface area contributed by atoms with Gasteiger partial charge in [0, 0.05) is 18.7 Å². The highest BCUT2D eigenvalue weighted by Crippen LogP contribution is 2.17. The van der Waals surface area contributed by atoms with E-state index in [2.05, 4.69) is 28.6 Å². The largest absolute Gasteiger partial charge is 0.379 e. The smallest absolute Gasteiger partial charge is 0.195 e. The maximum Gasteiger partial charge on any atom is 0.195 e. The maximum atomic E-state index is 5.55. The number of rotatable bonds is 7. The lowest BCUT2D eigenvalue weighted by molar-refractivity contribution is 0.0754. The number of aromatic nitrogens is 3. The van der Waals surface area contributed by atoms with Crippen LogP contribution in [0.15, 0.2) is 30.3 Å². The van der Waals surface area contributed by atoms with Gasteiger partial charge in [-0.25, -0.2) is 0 Å². The standard InChI is InChI=1S/C15H21N3OS/c1-12(2)19-11-7-6-10-18-14(16-17-15(18)20)13-8-4-3-5-9-13/h3-5,8-9,12H,6-7,10-11H2,1-2H3,(H,17,20). The molecule has 0 spiro atoms. The van der Waals surface area contributed by atoms with Gasteiger partial charge >= 0.3 is 0 Å². The van der Waals surface area contributed by atoms with Gasteiger partial charge in [0.15, 0.2) is 10.6 Å². The summed E-state index contributed by atoms with van der Waals surface area (Å²) in [5, 5.41) is 7.21. The van der Waals surface area contributed by atoms with E-state index in [9.17, 15) is 0 Å². The minimum atomic E-state index is 0.297. The van der Waals surface area contributed by atoms with Crippen molar-refractivity contribution < 1.29 is 4.74 Å². The monoisotopic (exact) mass is 291 g/mol. The minimum Gasteiger partial charge on any atom is -0.379 e. The summed E-state index contributed by atoms with van der Waals surface area (Å²) in [5.41, 5.74) is 1.08. The van der Waals surface area contributed by atoms with E-state index in [1.165, 1.54) is 0 Å². The third kappa shape index (κ3) is 4.02. The van der Waals surface area contributed by atoms with Crippen molar-refractivity contribution in [2.75, 3.05) is 6.61 Å². The number of hydrogen-bond donors (Lipinski definition) is 1. The lowest BCUT2D eigenvalue weighted by atomic mass is 10.2. The van der Waals surface area contributed by atoms with Gasteiger partial charge in [0.2, 0.25) is 0 Å². The summed E-state index contributed by atoms with van der Waals surface area (Å²) in [5.74, 6) is 0.903. The molecule has 2 rings (SSSR count). The first-order chi connectivity index (χ1) is 9.68. The van der Waals surface area contributed by atoms with Crippen LogP contribution in [0.25, 0.3) is 11.4 Å². The van der Waals surface area contributed by atoms with Crippen molar-refractivity contribution in [3.63, 3.8) is 0 Å². The normalized spacial score (nSPS) is 11.2. The fraction of sp³-hybridized carbons (Fsp3) is 0.467. The molecule has 0 bridgehead atoms. The highest BCUT2D eigenvalue weighted by molar-refractivity contribution is 7.71. The number of unbranched alkanes of at least 4 members (excludes halogenated alkanes) is 1. The number of hydrogen-bond acceptors (Lipinski definition) is 3. The van der Waals surface area contributed by atoms with Crippen LogP contribution in [0.1, 0.15) is 26.7 Å².